The summed E-state index contributed by atoms with van der Waals surface area (Å²) in [5.41, 5.74) is -0.636. The molecule has 18 heavy (non-hydrogen) atoms. The summed E-state index contributed by atoms with van der Waals surface area (Å²) in [6, 6.07) is 0. The number of piperidine rings is 1. The Morgan fingerprint density at radius 3 is 2.50 bits per heavy atom. The highest BCUT2D eigenvalue weighted by Gasteiger charge is 2.40. The lowest BCUT2D eigenvalue weighted by Crippen LogP contribution is -2.51. The van der Waals surface area contributed by atoms with Crippen LogP contribution in [0.4, 0.5) is 4.79 Å². The number of carbonyl (C=O) groups is 1. The van der Waals surface area contributed by atoms with E-state index in [4.69, 9.17) is 4.74 Å². The normalized spacial score (nSPS) is 25.4. The van der Waals surface area contributed by atoms with Crippen LogP contribution in [0.5, 0.6) is 0 Å². The van der Waals surface area contributed by atoms with Crippen LogP contribution in [0.3, 0.4) is 0 Å². The van der Waals surface area contributed by atoms with Crippen molar-refractivity contribution in [1.82, 2.24) is 4.90 Å². The van der Waals surface area contributed by atoms with Crippen molar-refractivity contribution < 1.29 is 14.6 Å². The Kier molecular flexibility index (Phi) is 4.65. The number of ether oxygens (including phenoxy) is 1. The minimum absolute atomic E-state index is 0.129. The van der Waals surface area contributed by atoms with Gasteiger partial charge >= 0.3 is 6.09 Å². The first-order valence-electron chi connectivity index (χ1n) is 6.79. The summed E-state index contributed by atoms with van der Waals surface area (Å²) in [6.07, 6.45) is 1.64. The van der Waals surface area contributed by atoms with Gasteiger partial charge in [0.25, 0.3) is 0 Å². The van der Waals surface area contributed by atoms with E-state index in [0.717, 1.165) is 19.4 Å². The fourth-order valence-electron chi connectivity index (χ4n) is 2.43. The van der Waals surface area contributed by atoms with E-state index in [1.807, 2.05) is 20.8 Å². The molecule has 0 unspecified atom stereocenters. The fourth-order valence-corrected chi connectivity index (χ4v) is 2.43. The molecule has 1 N–H and O–H groups in total. The van der Waals surface area contributed by atoms with Crippen LogP contribution in [0.15, 0.2) is 0 Å². The summed E-state index contributed by atoms with van der Waals surface area (Å²) in [7, 11) is 0. The highest BCUT2D eigenvalue weighted by Crippen LogP contribution is 2.37. The van der Waals surface area contributed by atoms with Crippen molar-refractivity contribution in [3.63, 3.8) is 0 Å². The highest BCUT2D eigenvalue weighted by atomic mass is 16.6. The largest absolute Gasteiger partial charge is 0.444 e. The number of aliphatic hydroxyl groups is 1. The third-order valence-electron chi connectivity index (χ3n) is 3.80. The van der Waals surface area contributed by atoms with E-state index in [9.17, 15) is 9.90 Å². The lowest BCUT2D eigenvalue weighted by Gasteiger charge is -2.44. The van der Waals surface area contributed by atoms with Crippen molar-refractivity contribution in [1.29, 1.82) is 0 Å². The number of rotatable bonds is 2. The Morgan fingerprint density at radius 1 is 1.44 bits per heavy atom. The third kappa shape index (κ3) is 3.61. The second-order valence-electron chi connectivity index (χ2n) is 6.68. The average molecular weight is 257 g/mol. The van der Waals surface area contributed by atoms with Crippen molar-refractivity contribution >= 4 is 6.09 Å². The van der Waals surface area contributed by atoms with Crippen LogP contribution in [-0.4, -0.2) is 41.4 Å². The Bertz CT molecular complexity index is 296. The Balaban J connectivity index is 2.72. The predicted molar refractivity (Wildman–Crippen MR) is 71.4 cm³/mol. The van der Waals surface area contributed by atoms with Gasteiger partial charge in [0, 0.05) is 18.5 Å². The van der Waals surface area contributed by atoms with Crippen LogP contribution in [-0.2, 0) is 4.74 Å². The molecule has 1 aliphatic rings. The fraction of sp³-hybridized carbons (Fsp3) is 0.929. The molecule has 0 aromatic rings. The van der Waals surface area contributed by atoms with Gasteiger partial charge in [0.15, 0.2) is 0 Å². The van der Waals surface area contributed by atoms with Gasteiger partial charge in [0.2, 0.25) is 0 Å². The number of carbonyl (C=O) groups excluding carboxylic acids is 1. The molecule has 4 heteroatoms. The van der Waals surface area contributed by atoms with Crippen LogP contribution in [0, 0.1) is 11.3 Å². The Hall–Kier alpha value is -0.770. The van der Waals surface area contributed by atoms with E-state index in [1.165, 1.54) is 0 Å². The number of hydrogen-bond donors (Lipinski definition) is 1. The SMILES string of the molecule is CC(C)[C@]1(CO)CCCN(C(=O)OC(C)(C)C)C1. The van der Waals surface area contributed by atoms with Crippen LogP contribution in [0.1, 0.15) is 47.5 Å². The number of hydrogen-bond acceptors (Lipinski definition) is 3. The lowest BCUT2D eigenvalue weighted by atomic mass is 9.72. The molecular weight excluding hydrogens is 230 g/mol. The van der Waals surface area contributed by atoms with Gasteiger partial charge in [0.1, 0.15) is 5.60 Å². The molecule has 0 aromatic heterocycles. The molecule has 0 bridgehead atoms. The first-order valence-corrected chi connectivity index (χ1v) is 6.79. The molecule has 0 radical (unpaired) electrons. The summed E-state index contributed by atoms with van der Waals surface area (Å²) in [6.45, 7) is 11.3. The van der Waals surface area contributed by atoms with E-state index >= 15 is 0 Å². The maximum Gasteiger partial charge on any atom is 0.410 e. The highest BCUT2D eigenvalue weighted by molar-refractivity contribution is 5.68. The second-order valence-corrected chi connectivity index (χ2v) is 6.68. The van der Waals surface area contributed by atoms with Gasteiger partial charge in [-0.3, -0.25) is 0 Å². The maximum atomic E-state index is 12.1. The van der Waals surface area contributed by atoms with Gasteiger partial charge in [0.05, 0.1) is 6.61 Å². The smallest absolute Gasteiger partial charge is 0.410 e. The minimum atomic E-state index is -0.464. The van der Waals surface area contributed by atoms with Crippen molar-refractivity contribution in [3.05, 3.63) is 0 Å². The summed E-state index contributed by atoms with van der Waals surface area (Å²) < 4.78 is 5.40. The van der Waals surface area contributed by atoms with Crippen molar-refractivity contribution in [3.8, 4) is 0 Å². The lowest BCUT2D eigenvalue weighted by molar-refractivity contribution is -0.0246. The third-order valence-corrected chi connectivity index (χ3v) is 3.80. The molecule has 1 rings (SSSR count). The summed E-state index contributed by atoms with van der Waals surface area (Å²) in [5, 5.41) is 9.67. The average Bonchev–Trinajstić information content (AvgIpc) is 2.26. The molecule has 1 amide bonds. The van der Waals surface area contributed by atoms with Crippen LogP contribution in [0.2, 0.25) is 0 Å². The van der Waals surface area contributed by atoms with Crippen LogP contribution >= 0.6 is 0 Å². The minimum Gasteiger partial charge on any atom is -0.444 e. The van der Waals surface area contributed by atoms with Gasteiger partial charge in [-0.2, -0.15) is 0 Å². The number of likely N-dealkylation sites (tertiary alicyclic amines) is 1. The van der Waals surface area contributed by atoms with Gasteiger partial charge in [-0.05, 0) is 39.5 Å². The molecule has 0 saturated carbocycles. The molecule has 0 aromatic carbocycles. The molecule has 1 atom stereocenters. The number of nitrogens with zero attached hydrogens (tertiary/aromatic N) is 1. The number of amides is 1. The molecule has 0 spiro atoms. The first kappa shape index (κ1) is 15.3. The first-order chi connectivity index (χ1) is 8.20. The molecule has 1 heterocycles. The summed E-state index contributed by atoms with van der Waals surface area (Å²) >= 11 is 0. The molecule has 1 saturated heterocycles. The maximum absolute atomic E-state index is 12.1. The molecule has 4 nitrogen and oxygen atoms in total. The topological polar surface area (TPSA) is 49.8 Å². The van der Waals surface area contributed by atoms with Crippen LogP contribution in [0.25, 0.3) is 0 Å². The molecule has 1 fully saturated rings. The van der Waals surface area contributed by atoms with Gasteiger partial charge in [-0.25, -0.2) is 4.79 Å². The van der Waals surface area contributed by atoms with E-state index in [-0.39, 0.29) is 18.1 Å². The van der Waals surface area contributed by atoms with Crippen molar-refractivity contribution in [2.24, 2.45) is 11.3 Å². The van der Waals surface area contributed by atoms with E-state index in [2.05, 4.69) is 13.8 Å². The van der Waals surface area contributed by atoms with Crippen LogP contribution < -0.4 is 0 Å². The Morgan fingerprint density at radius 2 is 2.06 bits per heavy atom. The van der Waals surface area contributed by atoms with Crippen molar-refractivity contribution in [2.75, 3.05) is 19.7 Å². The molecule has 0 aliphatic carbocycles. The quantitative estimate of drug-likeness (QED) is 0.827. The second kappa shape index (κ2) is 5.47. The van der Waals surface area contributed by atoms with Gasteiger partial charge in [-0.15, -0.1) is 0 Å². The molecule has 106 valence electrons. The standard InChI is InChI=1S/C14H27NO3/c1-11(2)14(10-16)7-6-8-15(9-14)12(17)18-13(3,4)5/h11,16H,6-10H2,1-5H3/t14-/m1/s1. The zero-order valence-corrected chi connectivity index (χ0v) is 12.3. The summed E-state index contributed by atoms with van der Waals surface area (Å²) in [4.78, 5) is 13.8. The van der Waals surface area contributed by atoms with E-state index < -0.39 is 5.60 Å². The van der Waals surface area contributed by atoms with E-state index in [1.54, 1.807) is 4.90 Å². The van der Waals surface area contributed by atoms with Gasteiger partial charge in [-0.1, -0.05) is 13.8 Å². The monoisotopic (exact) mass is 257 g/mol. The zero-order valence-electron chi connectivity index (χ0n) is 12.3. The Labute approximate surface area is 110 Å². The van der Waals surface area contributed by atoms with Crippen molar-refractivity contribution in [2.45, 2.75) is 53.1 Å². The van der Waals surface area contributed by atoms with Gasteiger partial charge < -0.3 is 14.7 Å². The predicted octanol–water partition coefficient (Wildman–Crippen LogP) is 2.65. The molecular formula is C14H27NO3. The summed E-state index contributed by atoms with van der Waals surface area (Å²) in [5.74, 6) is 0.354. The van der Waals surface area contributed by atoms with E-state index in [0.29, 0.717) is 12.5 Å². The zero-order chi connectivity index (χ0) is 14.0. The molecule has 1 aliphatic heterocycles. The number of aliphatic hydroxyl groups excluding tert-OH is 1.